The van der Waals surface area contributed by atoms with Gasteiger partial charge in [-0.05, 0) is 12.1 Å². The first-order valence-corrected chi connectivity index (χ1v) is 5.63. The van der Waals surface area contributed by atoms with Crippen LogP contribution in [-0.4, -0.2) is 28.2 Å². The van der Waals surface area contributed by atoms with Crippen LogP contribution in [0, 0.1) is 0 Å². The summed E-state index contributed by atoms with van der Waals surface area (Å²) < 4.78 is 103. The van der Waals surface area contributed by atoms with E-state index in [9.17, 15) is 35.1 Å². The molecule has 0 aliphatic rings. The standard InChI is InChI=1S/C12H6F8N2/c13-8(14)7(11(17,18)12(19,20)10(15)16)9-21-5-3-1-2-4-6(5)22-9/h1-4,10H,(H,21,22). The number of benzene rings is 1. The molecular formula is C12H6F8N2. The molecule has 0 bridgehead atoms. The Morgan fingerprint density at radius 1 is 1.05 bits per heavy atom. The number of hydrogen-bond acceptors (Lipinski definition) is 1. The zero-order valence-corrected chi connectivity index (χ0v) is 10.4. The maximum Gasteiger partial charge on any atom is 0.373 e. The van der Waals surface area contributed by atoms with Crippen molar-refractivity contribution in [2.24, 2.45) is 0 Å². The number of para-hydroxylation sites is 2. The predicted molar refractivity (Wildman–Crippen MR) is 61.1 cm³/mol. The summed E-state index contributed by atoms with van der Waals surface area (Å²) in [7, 11) is 0. The number of H-pyrrole nitrogens is 1. The van der Waals surface area contributed by atoms with Crippen LogP contribution < -0.4 is 0 Å². The average molecular weight is 330 g/mol. The lowest BCUT2D eigenvalue weighted by atomic mass is 10.0. The van der Waals surface area contributed by atoms with Crippen molar-refractivity contribution in [1.29, 1.82) is 0 Å². The number of fused-ring (bicyclic) bond motifs is 1. The van der Waals surface area contributed by atoms with Crippen LogP contribution in [0.4, 0.5) is 35.1 Å². The number of imidazole rings is 1. The molecule has 2 rings (SSSR count). The van der Waals surface area contributed by atoms with E-state index in [1.807, 2.05) is 4.98 Å². The molecule has 1 heterocycles. The molecule has 0 saturated carbocycles. The zero-order valence-electron chi connectivity index (χ0n) is 10.4. The van der Waals surface area contributed by atoms with Gasteiger partial charge in [-0.25, -0.2) is 13.8 Å². The van der Waals surface area contributed by atoms with Crippen molar-refractivity contribution in [3.63, 3.8) is 0 Å². The van der Waals surface area contributed by atoms with Crippen LogP contribution >= 0.6 is 0 Å². The highest BCUT2D eigenvalue weighted by molar-refractivity contribution is 5.80. The molecule has 2 aromatic rings. The molecular weight excluding hydrogens is 324 g/mol. The minimum Gasteiger partial charge on any atom is -0.338 e. The van der Waals surface area contributed by atoms with Crippen LogP contribution in [0.5, 0.6) is 0 Å². The number of hydrogen-bond donors (Lipinski definition) is 1. The first-order valence-electron chi connectivity index (χ1n) is 5.63. The van der Waals surface area contributed by atoms with E-state index in [0.717, 1.165) is 0 Å². The third-order valence-corrected chi connectivity index (χ3v) is 2.82. The summed E-state index contributed by atoms with van der Waals surface area (Å²) in [6, 6.07) is 5.31. The Bertz CT molecular complexity index is 682. The lowest BCUT2D eigenvalue weighted by Gasteiger charge is -2.26. The zero-order chi connectivity index (χ0) is 16.7. The summed E-state index contributed by atoms with van der Waals surface area (Å²) in [4.78, 5) is 5.31. The van der Waals surface area contributed by atoms with Gasteiger partial charge in [0, 0.05) is 0 Å². The Hall–Kier alpha value is -2.13. The molecule has 2 nitrogen and oxygen atoms in total. The molecule has 0 atom stereocenters. The molecule has 0 unspecified atom stereocenters. The third-order valence-electron chi connectivity index (χ3n) is 2.82. The Labute approximate surface area is 117 Å². The average Bonchev–Trinajstić information content (AvgIpc) is 2.80. The van der Waals surface area contributed by atoms with E-state index >= 15 is 0 Å². The molecule has 1 N–H and O–H groups in total. The molecule has 1 aromatic carbocycles. The summed E-state index contributed by atoms with van der Waals surface area (Å²) in [5, 5.41) is 0. The van der Waals surface area contributed by atoms with Gasteiger partial charge in [0.15, 0.2) is 0 Å². The van der Waals surface area contributed by atoms with E-state index in [1.165, 1.54) is 24.3 Å². The van der Waals surface area contributed by atoms with Crippen LogP contribution in [0.1, 0.15) is 5.82 Å². The number of allylic oxidation sites excluding steroid dienone is 1. The molecule has 0 aliphatic heterocycles. The molecule has 10 heteroatoms. The molecule has 0 radical (unpaired) electrons. The molecule has 22 heavy (non-hydrogen) atoms. The van der Waals surface area contributed by atoms with Crippen molar-refractivity contribution in [2.75, 3.05) is 0 Å². The van der Waals surface area contributed by atoms with Gasteiger partial charge in [0.25, 0.3) is 6.08 Å². The highest BCUT2D eigenvalue weighted by atomic mass is 19.3. The number of aromatic nitrogens is 2. The maximum absolute atomic E-state index is 13.6. The van der Waals surface area contributed by atoms with Gasteiger partial charge in [0.2, 0.25) is 0 Å². The van der Waals surface area contributed by atoms with Gasteiger partial charge < -0.3 is 4.98 Å². The number of alkyl halides is 6. The van der Waals surface area contributed by atoms with Gasteiger partial charge in [-0.15, -0.1) is 0 Å². The Morgan fingerprint density at radius 2 is 1.64 bits per heavy atom. The SMILES string of the molecule is FC(F)=C(c1nc2ccccc2[nH]1)C(F)(F)C(F)(F)C(F)F. The Balaban J connectivity index is 2.63. The van der Waals surface area contributed by atoms with Crippen LogP contribution in [-0.2, 0) is 0 Å². The van der Waals surface area contributed by atoms with E-state index in [0.29, 0.717) is 0 Å². The van der Waals surface area contributed by atoms with Crippen LogP contribution in [0.2, 0.25) is 0 Å². The minimum absolute atomic E-state index is 0.00686. The number of rotatable bonds is 4. The van der Waals surface area contributed by atoms with Gasteiger partial charge in [-0.3, -0.25) is 0 Å². The fraction of sp³-hybridized carbons (Fsp3) is 0.250. The van der Waals surface area contributed by atoms with Crippen LogP contribution in [0.3, 0.4) is 0 Å². The number of nitrogens with one attached hydrogen (secondary N) is 1. The predicted octanol–water partition coefficient (Wildman–Crippen LogP) is 4.71. The van der Waals surface area contributed by atoms with Gasteiger partial charge in [0.05, 0.1) is 11.0 Å². The monoisotopic (exact) mass is 330 g/mol. The van der Waals surface area contributed by atoms with Gasteiger partial charge >= 0.3 is 18.3 Å². The van der Waals surface area contributed by atoms with Crippen molar-refractivity contribution in [1.82, 2.24) is 9.97 Å². The quantitative estimate of drug-likeness (QED) is 0.809. The van der Waals surface area contributed by atoms with E-state index in [-0.39, 0.29) is 11.0 Å². The second kappa shape index (κ2) is 5.25. The summed E-state index contributed by atoms with van der Waals surface area (Å²) in [5.41, 5.74) is -2.62. The normalized spacial score (nSPS) is 13.0. The van der Waals surface area contributed by atoms with E-state index in [2.05, 4.69) is 4.98 Å². The van der Waals surface area contributed by atoms with E-state index in [1.54, 1.807) is 0 Å². The largest absolute Gasteiger partial charge is 0.373 e. The summed E-state index contributed by atoms with van der Waals surface area (Å²) >= 11 is 0. The molecule has 120 valence electrons. The third kappa shape index (κ3) is 2.42. The lowest BCUT2D eigenvalue weighted by molar-refractivity contribution is -0.237. The minimum atomic E-state index is -5.98. The molecule has 0 amide bonds. The maximum atomic E-state index is 13.6. The summed E-state index contributed by atoms with van der Waals surface area (Å²) in [6.07, 6.45) is -8.06. The van der Waals surface area contributed by atoms with Crippen LogP contribution in [0.25, 0.3) is 16.6 Å². The highest BCUT2D eigenvalue weighted by Crippen LogP contribution is 2.48. The van der Waals surface area contributed by atoms with Crippen molar-refractivity contribution in [3.05, 3.63) is 36.2 Å². The molecule has 0 spiro atoms. The summed E-state index contributed by atoms with van der Waals surface area (Å²) in [6.45, 7) is 0. The smallest absolute Gasteiger partial charge is 0.338 e. The van der Waals surface area contributed by atoms with Gasteiger partial charge in [0.1, 0.15) is 11.4 Å². The second-order valence-electron chi connectivity index (χ2n) is 4.24. The lowest BCUT2D eigenvalue weighted by Crippen LogP contribution is -2.47. The second-order valence-corrected chi connectivity index (χ2v) is 4.24. The fourth-order valence-corrected chi connectivity index (χ4v) is 1.73. The van der Waals surface area contributed by atoms with E-state index < -0.39 is 35.7 Å². The highest BCUT2D eigenvalue weighted by Gasteiger charge is 2.66. The molecule has 0 fully saturated rings. The van der Waals surface area contributed by atoms with E-state index in [4.69, 9.17) is 0 Å². The van der Waals surface area contributed by atoms with Crippen molar-refractivity contribution < 1.29 is 35.1 Å². The van der Waals surface area contributed by atoms with Gasteiger partial charge in [-0.2, -0.15) is 26.3 Å². The van der Waals surface area contributed by atoms with Crippen molar-refractivity contribution in [3.8, 4) is 0 Å². The van der Waals surface area contributed by atoms with Crippen molar-refractivity contribution in [2.45, 2.75) is 18.3 Å². The number of halogens is 8. The number of nitrogens with zero attached hydrogens (tertiary/aromatic N) is 1. The van der Waals surface area contributed by atoms with Crippen molar-refractivity contribution >= 4 is 16.6 Å². The molecule has 1 aromatic heterocycles. The van der Waals surface area contributed by atoms with Gasteiger partial charge in [-0.1, -0.05) is 12.1 Å². The van der Waals surface area contributed by atoms with Crippen LogP contribution in [0.15, 0.2) is 30.3 Å². The Morgan fingerprint density at radius 3 is 2.14 bits per heavy atom. The first-order chi connectivity index (χ1) is 10.1. The summed E-state index contributed by atoms with van der Waals surface area (Å²) in [5.74, 6) is -13.1. The fourth-order valence-electron chi connectivity index (χ4n) is 1.73. The number of aromatic amines is 1. The topological polar surface area (TPSA) is 28.7 Å². The Kier molecular flexibility index (Phi) is 3.88. The molecule has 0 saturated heterocycles. The first kappa shape index (κ1) is 16.2. The molecule has 0 aliphatic carbocycles.